The minimum atomic E-state index is -0.833. The lowest BCUT2D eigenvalue weighted by molar-refractivity contribution is -0.422. The average molecular weight is 364 g/mol. The van der Waals surface area contributed by atoms with E-state index in [1.807, 2.05) is 0 Å². The monoisotopic (exact) mass is 364 g/mol. The molecule has 12 nitrogen and oxygen atoms in total. The van der Waals surface area contributed by atoms with E-state index in [9.17, 15) is 20.2 Å². The minimum absolute atomic E-state index is 0.0896. The van der Waals surface area contributed by atoms with Crippen molar-refractivity contribution in [2.24, 2.45) is 0 Å². The van der Waals surface area contributed by atoms with Crippen LogP contribution in [0, 0.1) is 20.2 Å². The van der Waals surface area contributed by atoms with Crippen LogP contribution in [0.3, 0.4) is 0 Å². The molecule has 2 aliphatic heterocycles. The van der Waals surface area contributed by atoms with Crippen molar-refractivity contribution in [1.29, 1.82) is 0 Å². The van der Waals surface area contributed by atoms with Crippen molar-refractivity contribution in [3.05, 3.63) is 44.5 Å². The lowest BCUT2D eigenvalue weighted by Crippen LogP contribution is -1.96. The van der Waals surface area contributed by atoms with Crippen LogP contribution < -0.4 is 30.4 Å². The van der Waals surface area contributed by atoms with E-state index in [2.05, 4.69) is 0 Å². The van der Waals surface area contributed by atoms with Crippen LogP contribution in [0.4, 0.5) is 22.7 Å². The number of rotatable bonds is 2. The molecule has 0 radical (unpaired) electrons. The number of hydrogen-bond acceptors (Lipinski definition) is 10. The first-order valence-electron chi connectivity index (χ1n) is 7.04. The Balaban J connectivity index is 0.000000158. The lowest BCUT2D eigenvalue weighted by atomic mass is 10.2. The van der Waals surface area contributed by atoms with Crippen LogP contribution in [0.25, 0.3) is 0 Å². The Kier molecular flexibility index (Phi) is 4.22. The third-order valence-corrected chi connectivity index (χ3v) is 3.44. The van der Waals surface area contributed by atoms with Gasteiger partial charge >= 0.3 is 11.4 Å². The zero-order chi connectivity index (χ0) is 18.8. The average Bonchev–Trinajstić information content (AvgIpc) is 3.22. The fourth-order valence-corrected chi connectivity index (χ4v) is 2.19. The van der Waals surface area contributed by atoms with Crippen LogP contribution in [-0.2, 0) is 0 Å². The molecule has 0 amide bonds. The molecule has 0 aromatic heterocycles. The second-order valence-corrected chi connectivity index (χ2v) is 5.04. The zero-order valence-electron chi connectivity index (χ0n) is 13.0. The topological polar surface area (TPSA) is 175 Å². The predicted octanol–water partition coefficient (Wildman–Crippen LogP) is 1.81. The van der Waals surface area contributed by atoms with Gasteiger partial charge in [-0.25, -0.2) is 0 Å². The molecule has 136 valence electrons. The van der Waals surface area contributed by atoms with Crippen LogP contribution in [0.15, 0.2) is 24.3 Å². The molecule has 0 saturated heterocycles. The molecule has 2 aliphatic rings. The van der Waals surface area contributed by atoms with Crippen molar-refractivity contribution in [2.75, 3.05) is 25.1 Å². The number of nitrogens with zero attached hydrogens (tertiary/aromatic N) is 2. The molecule has 2 aromatic carbocycles. The molecular formula is C14H12N4O8. The molecule has 0 unspecified atom stereocenters. The highest BCUT2D eigenvalue weighted by molar-refractivity contribution is 5.70. The fourth-order valence-electron chi connectivity index (χ4n) is 2.19. The van der Waals surface area contributed by atoms with Crippen LogP contribution in [-0.4, -0.2) is 23.4 Å². The molecule has 26 heavy (non-hydrogen) atoms. The van der Waals surface area contributed by atoms with Gasteiger partial charge in [-0.05, 0) is 0 Å². The third kappa shape index (κ3) is 3.15. The molecule has 0 saturated carbocycles. The van der Waals surface area contributed by atoms with Crippen molar-refractivity contribution in [3.8, 4) is 23.0 Å². The standard InChI is InChI=1S/C7H4N2O6.C7H8N2O2/c10-8(11)4-1-6-7(15-3-14-6)2-5(4)9(12)13;8-4-1-6-7(2-5(4)9)11-3-10-6/h1-2H,3H2;1-2H,3,8-9H2. The van der Waals surface area contributed by atoms with Crippen molar-refractivity contribution >= 4 is 22.7 Å². The summed E-state index contributed by atoms with van der Waals surface area (Å²) in [5, 5.41) is 21.1. The number of nitrogens with two attached hydrogens (primary N) is 2. The Bertz CT molecular complexity index is 831. The molecule has 0 aliphatic carbocycles. The molecule has 2 aromatic rings. The Morgan fingerprint density at radius 1 is 0.692 bits per heavy atom. The highest BCUT2D eigenvalue weighted by atomic mass is 16.7. The quantitative estimate of drug-likeness (QED) is 0.454. The van der Waals surface area contributed by atoms with E-state index >= 15 is 0 Å². The maximum Gasteiger partial charge on any atom is 0.350 e. The second-order valence-electron chi connectivity index (χ2n) is 5.04. The number of benzene rings is 2. The molecule has 4 rings (SSSR count). The van der Waals surface area contributed by atoms with Crippen LogP contribution in [0.5, 0.6) is 23.0 Å². The van der Waals surface area contributed by atoms with E-state index < -0.39 is 21.2 Å². The summed E-state index contributed by atoms with van der Waals surface area (Å²) in [5.41, 5.74) is 10.9. The molecule has 4 N–H and O–H groups in total. The van der Waals surface area contributed by atoms with E-state index in [-0.39, 0.29) is 25.1 Å². The Morgan fingerprint density at radius 2 is 1.00 bits per heavy atom. The summed E-state index contributed by atoms with van der Waals surface area (Å²) in [7, 11) is 0. The molecule has 0 atom stereocenters. The zero-order valence-corrected chi connectivity index (χ0v) is 13.0. The van der Waals surface area contributed by atoms with Crippen molar-refractivity contribution in [3.63, 3.8) is 0 Å². The summed E-state index contributed by atoms with van der Waals surface area (Å²) in [6.45, 7) is 0.159. The minimum Gasteiger partial charge on any atom is -0.454 e. The summed E-state index contributed by atoms with van der Waals surface area (Å²) < 4.78 is 19.9. The van der Waals surface area contributed by atoms with E-state index in [1.54, 1.807) is 12.1 Å². The maximum atomic E-state index is 10.5. The van der Waals surface area contributed by atoms with Gasteiger partial charge < -0.3 is 30.4 Å². The van der Waals surface area contributed by atoms with E-state index in [1.165, 1.54) is 0 Å². The number of hydrogen-bond donors (Lipinski definition) is 2. The number of anilines is 2. The van der Waals surface area contributed by atoms with Gasteiger partial charge in [0.05, 0.1) is 33.4 Å². The van der Waals surface area contributed by atoms with Gasteiger partial charge in [0.15, 0.2) is 23.0 Å². The highest BCUT2D eigenvalue weighted by Gasteiger charge is 2.30. The lowest BCUT2D eigenvalue weighted by Gasteiger charge is -2.00. The summed E-state index contributed by atoms with van der Waals surface area (Å²) in [4.78, 5) is 19.4. The van der Waals surface area contributed by atoms with Gasteiger partial charge in [-0.3, -0.25) is 20.2 Å². The van der Waals surface area contributed by atoms with E-state index in [0.29, 0.717) is 22.9 Å². The number of nitro benzene ring substituents is 2. The maximum absolute atomic E-state index is 10.5. The fraction of sp³-hybridized carbons (Fsp3) is 0.143. The molecule has 2 heterocycles. The smallest absolute Gasteiger partial charge is 0.350 e. The summed E-state index contributed by atoms with van der Waals surface area (Å²) in [6, 6.07) is 5.30. The highest BCUT2D eigenvalue weighted by Crippen LogP contribution is 2.41. The van der Waals surface area contributed by atoms with E-state index in [0.717, 1.165) is 12.1 Å². The predicted molar refractivity (Wildman–Crippen MR) is 87.3 cm³/mol. The second kappa shape index (κ2) is 6.51. The van der Waals surface area contributed by atoms with Crippen LogP contribution >= 0.6 is 0 Å². The number of ether oxygens (including phenoxy) is 4. The summed E-state index contributed by atoms with van der Waals surface area (Å²) >= 11 is 0. The van der Waals surface area contributed by atoms with Crippen molar-refractivity contribution < 1.29 is 28.8 Å². The van der Waals surface area contributed by atoms with Gasteiger partial charge in [-0.15, -0.1) is 0 Å². The summed E-state index contributed by atoms with van der Waals surface area (Å²) in [5.74, 6) is 1.62. The number of nitrogen functional groups attached to an aromatic ring is 2. The van der Waals surface area contributed by atoms with Crippen molar-refractivity contribution in [2.45, 2.75) is 0 Å². The molecule has 0 fully saturated rings. The first kappa shape index (κ1) is 16.9. The third-order valence-electron chi connectivity index (χ3n) is 3.44. The van der Waals surface area contributed by atoms with Gasteiger partial charge in [-0.1, -0.05) is 0 Å². The SMILES string of the molecule is Nc1cc2c(cc1N)OCO2.O=[N+]([O-])c1cc2c(cc1[N+](=O)[O-])OCO2. The summed E-state index contributed by atoms with van der Waals surface area (Å²) in [6.07, 6.45) is 0. The number of fused-ring (bicyclic) bond motifs is 2. The van der Waals surface area contributed by atoms with Gasteiger partial charge in [-0.2, -0.15) is 0 Å². The first-order valence-corrected chi connectivity index (χ1v) is 7.04. The Morgan fingerprint density at radius 3 is 1.31 bits per heavy atom. The van der Waals surface area contributed by atoms with Crippen LogP contribution in [0.1, 0.15) is 0 Å². The van der Waals surface area contributed by atoms with E-state index in [4.69, 9.17) is 30.4 Å². The van der Waals surface area contributed by atoms with Gasteiger partial charge in [0, 0.05) is 12.1 Å². The molecule has 0 bridgehead atoms. The Labute approximate surface area is 145 Å². The molecular weight excluding hydrogens is 352 g/mol. The van der Waals surface area contributed by atoms with Crippen molar-refractivity contribution in [1.82, 2.24) is 0 Å². The van der Waals surface area contributed by atoms with Gasteiger partial charge in [0.1, 0.15) is 0 Å². The van der Waals surface area contributed by atoms with Gasteiger partial charge in [0.25, 0.3) is 0 Å². The normalized spacial score (nSPS) is 12.9. The molecule has 0 spiro atoms. The number of nitro groups is 2. The largest absolute Gasteiger partial charge is 0.454 e. The van der Waals surface area contributed by atoms with Gasteiger partial charge in [0.2, 0.25) is 13.6 Å². The Hall–Kier alpha value is -3.96. The first-order chi connectivity index (χ1) is 12.4. The molecule has 12 heteroatoms. The van der Waals surface area contributed by atoms with Crippen LogP contribution in [0.2, 0.25) is 0 Å².